The molecule has 143 valence electrons. The zero-order valence-electron chi connectivity index (χ0n) is 21.3. The third-order valence-corrected chi connectivity index (χ3v) is 3.40. The average molecular weight is 545 g/mol. The summed E-state index contributed by atoms with van der Waals surface area (Å²) in [5, 5.41) is 9.32. The summed E-state index contributed by atoms with van der Waals surface area (Å²) in [6, 6.07) is 14.9. The van der Waals surface area contributed by atoms with E-state index in [1.807, 2.05) is 31.2 Å². The van der Waals surface area contributed by atoms with E-state index in [0.717, 1.165) is 16.5 Å². The zero-order valence-corrected chi connectivity index (χ0v) is 17.6. The molecule has 0 aliphatic heterocycles. The van der Waals surface area contributed by atoms with Gasteiger partial charge in [0.05, 0.1) is 11.3 Å². The number of carbonyl (C=O) groups is 1. The number of aliphatic hydroxyl groups is 1. The quantitative estimate of drug-likeness (QED) is 0.257. The zero-order chi connectivity index (χ0) is 24.3. The third-order valence-electron chi connectivity index (χ3n) is 3.40. The number of nitrogens with zero attached hydrogens (tertiary/aromatic N) is 1. The number of hydrogen-bond donors (Lipinski definition) is 1. The summed E-state index contributed by atoms with van der Waals surface area (Å²) in [5.41, 5.74) is 2.53. The summed E-state index contributed by atoms with van der Waals surface area (Å²) in [6.45, 7) is -0.0379. The minimum Gasteiger partial charge on any atom is -0.512 e. The van der Waals surface area contributed by atoms with Gasteiger partial charge in [0, 0.05) is 34.4 Å². The molecule has 0 saturated heterocycles. The van der Waals surface area contributed by atoms with Crippen LogP contribution >= 0.6 is 0 Å². The largest absolute Gasteiger partial charge is 0.512 e. The van der Waals surface area contributed by atoms with Crippen molar-refractivity contribution in [3.05, 3.63) is 77.1 Å². The van der Waals surface area contributed by atoms with Crippen LogP contribution in [0.25, 0.3) is 22.2 Å². The van der Waals surface area contributed by atoms with E-state index in [9.17, 15) is 4.79 Å². The number of ketones is 1. The molecule has 1 N–H and O–H groups in total. The molecule has 0 atom stereocenters. The summed E-state index contributed by atoms with van der Waals surface area (Å²) in [7, 11) is 0. The van der Waals surface area contributed by atoms with Gasteiger partial charge in [0.2, 0.25) is 0 Å². The molecule has 0 amide bonds. The molecular weight excluding hydrogens is 514 g/mol. The van der Waals surface area contributed by atoms with E-state index in [4.69, 9.17) is 13.3 Å². The molecule has 3 nitrogen and oxygen atoms in total. The van der Waals surface area contributed by atoms with Crippen LogP contribution in [0.5, 0.6) is 0 Å². The third kappa shape index (κ3) is 7.09. The van der Waals surface area contributed by atoms with Crippen LogP contribution < -0.4 is 0 Å². The molecule has 0 aliphatic carbocycles. The molecule has 4 heteroatoms. The first-order valence-electron chi connectivity index (χ1n) is 11.0. The molecule has 0 aliphatic rings. The Hall–Kier alpha value is -2.29. The van der Waals surface area contributed by atoms with E-state index in [1.165, 1.54) is 32.1 Å². The molecule has 1 heterocycles. The fraction of sp³-hybridized carbons (Fsp3) is 0.217. The van der Waals surface area contributed by atoms with Crippen LogP contribution in [0, 0.1) is 26.7 Å². The number of allylic oxidation sites excluding steroid dienone is 2. The van der Waals surface area contributed by atoms with Gasteiger partial charge in [-0.05, 0) is 43.5 Å². The van der Waals surface area contributed by atoms with E-state index in [-0.39, 0.29) is 42.8 Å². The van der Waals surface area contributed by atoms with E-state index < -0.39 is 13.7 Å². The Bertz CT molecular complexity index is 1130. The van der Waals surface area contributed by atoms with Gasteiger partial charge in [-0.25, -0.2) is 0 Å². The second-order valence-electron chi connectivity index (χ2n) is 5.99. The number of hydrogen-bond acceptors (Lipinski definition) is 3. The fourth-order valence-electron chi connectivity index (χ4n) is 2.38. The average Bonchev–Trinajstić information content (AvgIpc) is 2.65. The summed E-state index contributed by atoms with van der Waals surface area (Å²) in [6.07, 6.45) is 1.17. The number of aliphatic hydroxyl groups excluding tert-OH is 1. The van der Waals surface area contributed by atoms with E-state index in [0.29, 0.717) is 11.3 Å². The van der Waals surface area contributed by atoms with Crippen LogP contribution in [0.1, 0.15) is 38.8 Å². The maximum absolute atomic E-state index is 10.0. The first kappa shape index (κ1) is 14.7. The van der Waals surface area contributed by atoms with Crippen LogP contribution in [-0.2, 0) is 24.9 Å². The van der Waals surface area contributed by atoms with Crippen molar-refractivity contribution < 1.29 is 38.2 Å². The van der Waals surface area contributed by atoms with Crippen molar-refractivity contribution in [3.8, 4) is 11.3 Å². The Kier molecular flexibility index (Phi) is 5.54. The van der Waals surface area contributed by atoms with Gasteiger partial charge in [-0.15, -0.1) is 34.9 Å². The second-order valence-corrected chi connectivity index (χ2v) is 5.99. The van der Waals surface area contributed by atoms with Gasteiger partial charge in [-0.1, -0.05) is 38.0 Å². The number of carbonyl (C=O) groups excluding carboxylic acids is 1. The molecule has 0 bridgehead atoms. The van der Waals surface area contributed by atoms with Crippen molar-refractivity contribution in [2.24, 2.45) is 0 Å². The summed E-state index contributed by atoms with van der Waals surface area (Å²) in [4.78, 5) is 14.6. The first-order valence-corrected chi connectivity index (χ1v) is 8.01. The molecule has 3 aromatic rings. The van der Waals surface area contributed by atoms with Gasteiger partial charge in [0.15, 0.2) is 5.78 Å². The minimum absolute atomic E-state index is 0. The van der Waals surface area contributed by atoms with Crippen molar-refractivity contribution in [2.45, 2.75) is 34.5 Å². The standard InChI is InChI=1S/C18H16N.C5H8O2.Ir/c1-12-4-5-15-6-7-17(19-18(15)11-12)16-9-13(2)8-14(3)10-16;1-4(6)3-5(2)7;/h4-9,11H,1-3H3;3,6H,1-2H3;/q-1;;/b;4-3-;/i2D3,3D3;;. The van der Waals surface area contributed by atoms with Crippen molar-refractivity contribution in [3.63, 3.8) is 0 Å². The maximum Gasteiger partial charge on any atom is 0.155 e. The van der Waals surface area contributed by atoms with Crippen molar-refractivity contribution >= 4 is 16.7 Å². The van der Waals surface area contributed by atoms with Crippen LogP contribution in [0.15, 0.2) is 54.3 Å². The second kappa shape index (κ2) is 10.1. The summed E-state index contributed by atoms with van der Waals surface area (Å²) < 4.78 is 45.6. The molecule has 2 aromatic carbocycles. The summed E-state index contributed by atoms with van der Waals surface area (Å²) >= 11 is 0. The SMILES string of the molecule is CC(=O)/C=C(/C)O.[2H]C([2H])([2H])c1[c-]c(-c2ccc3ccc(C)cc3n2)cc(C([2H])([2H])[2H])c1.[Ir]. The van der Waals surface area contributed by atoms with Gasteiger partial charge >= 0.3 is 0 Å². The van der Waals surface area contributed by atoms with E-state index in [2.05, 4.69) is 11.1 Å². The predicted molar refractivity (Wildman–Crippen MR) is 107 cm³/mol. The molecule has 3 rings (SSSR count). The molecule has 0 saturated carbocycles. The number of benzene rings is 2. The Morgan fingerprint density at radius 2 is 1.85 bits per heavy atom. The first-order chi connectivity index (χ1) is 14.7. The smallest absolute Gasteiger partial charge is 0.155 e. The normalized spacial score (nSPS) is 14.9. The number of aromatic nitrogens is 1. The van der Waals surface area contributed by atoms with Gasteiger partial charge in [0.25, 0.3) is 0 Å². The number of pyridine rings is 1. The van der Waals surface area contributed by atoms with Gasteiger partial charge < -0.3 is 5.11 Å². The molecule has 27 heavy (non-hydrogen) atoms. The molecule has 1 radical (unpaired) electrons. The predicted octanol–water partition coefficient (Wildman–Crippen LogP) is 5.66. The van der Waals surface area contributed by atoms with Crippen LogP contribution in [0.2, 0.25) is 0 Å². The van der Waals surface area contributed by atoms with E-state index >= 15 is 0 Å². The molecular formula is C23H24IrNO2-. The molecule has 1 aromatic heterocycles. The topological polar surface area (TPSA) is 50.2 Å². The minimum atomic E-state index is -2.44. The Morgan fingerprint density at radius 1 is 1.11 bits per heavy atom. The maximum atomic E-state index is 10.0. The number of aryl methyl sites for hydroxylation is 3. The Labute approximate surface area is 182 Å². The van der Waals surface area contributed by atoms with Crippen LogP contribution in [-0.4, -0.2) is 15.9 Å². The van der Waals surface area contributed by atoms with Gasteiger partial charge in [-0.2, -0.15) is 0 Å². The van der Waals surface area contributed by atoms with Crippen LogP contribution in [0.3, 0.4) is 0 Å². The number of fused-ring (bicyclic) bond motifs is 1. The monoisotopic (exact) mass is 545 g/mol. The van der Waals surface area contributed by atoms with E-state index in [1.54, 1.807) is 6.07 Å². The Morgan fingerprint density at radius 3 is 2.44 bits per heavy atom. The van der Waals surface area contributed by atoms with Gasteiger partial charge in [-0.3, -0.25) is 9.78 Å². The molecule has 0 fully saturated rings. The van der Waals surface area contributed by atoms with Crippen molar-refractivity contribution in [1.82, 2.24) is 4.98 Å². The van der Waals surface area contributed by atoms with Crippen molar-refractivity contribution in [2.75, 3.05) is 0 Å². The Balaban J connectivity index is 0.000000595. The fourth-order valence-corrected chi connectivity index (χ4v) is 2.38. The van der Waals surface area contributed by atoms with Gasteiger partial charge in [0.1, 0.15) is 0 Å². The van der Waals surface area contributed by atoms with Crippen molar-refractivity contribution in [1.29, 1.82) is 0 Å². The van der Waals surface area contributed by atoms with Crippen LogP contribution in [0.4, 0.5) is 0 Å². The molecule has 0 unspecified atom stereocenters. The number of rotatable bonds is 2. The molecule has 0 spiro atoms. The summed E-state index contributed by atoms with van der Waals surface area (Å²) in [5.74, 6) is -0.0625.